The molecule has 1 unspecified atom stereocenters. The molecule has 0 radical (unpaired) electrons. The van der Waals surface area contributed by atoms with Crippen LogP contribution in [-0.4, -0.2) is 36.3 Å². The van der Waals surface area contributed by atoms with Crippen molar-refractivity contribution >= 4 is 11.8 Å². The Morgan fingerprint density at radius 3 is 3.00 bits per heavy atom. The molecule has 0 aliphatic carbocycles. The van der Waals surface area contributed by atoms with Gasteiger partial charge in [-0.2, -0.15) is 5.26 Å². The topological polar surface area (TPSA) is 73.2 Å². The monoisotopic (exact) mass is 181 g/mol. The Balaban J connectivity index is 2.49. The van der Waals surface area contributed by atoms with Crippen LogP contribution < -0.4 is 5.32 Å². The molecule has 0 spiro atoms. The number of amides is 2. The first kappa shape index (κ1) is 9.52. The molecule has 1 rings (SSSR count). The lowest BCUT2D eigenvalue weighted by Gasteiger charge is -2.17. The Labute approximate surface area is 76.3 Å². The van der Waals surface area contributed by atoms with E-state index in [0.29, 0.717) is 12.8 Å². The summed E-state index contributed by atoms with van der Waals surface area (Å²) in [6, 6.07) is 1.45. The Morgan fingerprint density at radius 2 is 2.54 bits per heavy atom. The van der Waals surface area contributed by atoms with Crippen LogP contribution in [0.2, 0.25) is 0 Å². The second-order valence-corrected chi connectivity index (χ2v) is 3.01. The van der Waals surface area contributed by atoms with Gasteiger partial charge in [-0.25, -0.2) is 0 Å². The van der Waals surface area contributed by atoms with Gasteiger partial charge in [-0.3, -0.25) is 9.59 Å². The summed E-state index contributed by atoms with van der Waals surface area (Å²) in [4.78, 5) is 23.5. The summed E-state index contributed by atoms with van der Waals surface area (Å²) in [5.41, 5.74) is 0. The molecule has 1 N–H and O–H groups in total. The van der Waals surface area contributed by atoms with Gasteiger partial charge in [-0.15, -0.1) is 0 Å². The van der Waals surface area contributed by atoms with E-state index in [9.17, 15) is 9.59 Å². The average molecular weight is 181 g/mol. The van der Waals surface area contributed by atoms with Gasteiger partial charge in [-0.05, 0) is 6.42 Å². The van der Waals surface area contributed by atoms with Gasteiger partial charge >= 0.3 is 0 Å². The van der Waals surface area contributed by atoms with Crippen molar-refractivity contribution in [3.8, 4) is 6.07 Å². The molecule has 5 heteroatoms. The van der Waals surface area contributed by atoms with Crippen LogP contribution in [0.3, 0.4) is 0 Å². The van der Waals surface area contributed by atoms with Gasteiger partial charge in [0.2, 0.25) is 11.8 Å². The van der Waals surface area contributed by atoms with Crippen LogP contribution in [0.4, 0.5) is 0 Å². The van der Waals surface area contributed by atoms with Crippen molar-refractivity contribution in [1.82, 2.24) is 10.2 Å². The minimum atomic E-state index is -0.425. The smallest absolute Gasteiger partial charge is 0.245 e. The lowest BCUT2D eigenvalue weighted by Crippen LogP contribution is -2.42. The molecule has 5 nitrogen and oxygen atoms in total. The molecule has 0 aromatic rings. The number of carbonyl (C=O) groups excluding carboxylic acids is 2. The van der Waals surface area contributed by atoms with Crippen LogP contribution in [0.25, 0.3) is 0 Å². The minimum Gasteiger partial charge on any atom is -0.344 e. The summed E-state index contributed by atoms with van der Waals surface area (Å²) < 4.78 is 0. The molecule has 0 aromatic heterocycles. The Morgan fingerprint density at radius 1 is 1.85 bits per heavy atom. The summed E-state index contributed by atoms with van der Waals surface area (Å²) >= 11 is 0. The maximum absolute atomic E-state index is 11.4. The highest BCUT2D eigenvalue weighted by atomic mass is 16.2. The van der Waals surface area contributed by atoms with E-state index < -0.39 is 6.04 Å². The van der Waals surface area contributed by atoms with Crippen molar-refractivity contribution in [1.29, 1.82) is 5.26 Å². The zero-order valence-corrected chi connectivity index (χ0v) is 7.41. The lowest BCUT2D eigenvalue weighted by molar-refractivity contribution is -0.132. The lowest BCUT2D eigenvalue weighted by atomic mass is 10.2. The zero-order valence-electron chi connectivity index (χ0n) is 7.41. The van der Waals surface area contributed by atoms with E-state index in [1.807, 2.05) is 6.07 Å². The van der Waals surface area contributed by atoms with Gasteiger partial charge in [0.05, 0.1) is 6.07 Å². The van der Waals surface area contributed by atoms with E-state index in [4.69, 9.17) is 5.26 Å². The summed E-state index contributed by atoms with van der Waals surface area (Å²) in [5, 5.41) is 10.9. The van der Waals surface area contributed by atoms with Gasteiger partial charge in [-0.1, -0.05) is 0 Å². The molecule has 1 heterocycles. The predicted octanol–water partition coefficient (Wildman–Crippen LogP) is -0.753. The molecular weight excluding hydrogens is 170 g/mol. The molecule has 1 fully saturated rings. The maximum atomic E-state index is 11.4. The molecule has 0 aromatic carbocycles. The molecule has 1 atom stereocenters. The van der Waals surface area contributed by atoms with Gasteiger partial charge in [0.1, 0.15) is 12.6 Å². The molecule has 1 aliphatic heterocycles. The number of nitrogens with one attached hydrogen (secondary N) is 1. The first-order valence-electron chi connectivity index (χ1n) is 4.06. The van der Waals surface area contributed by atoms with E-state index in [1.54, 1.807) is 7.05 Å². The summed E-state index contributed by atoms with van der Waals surface area (Å²) in [6.07, 6.45) is 0.935. The minimum absolute atomic E-state index is 0.0607. The van der Waals surface area contributed by atoms with Crippen LogP contribution in [0, 0.1) is 11.3 Å². The summed E-state index contributed by atoms with van der Waals surface area (Å²) in [6.45, 7) is 0.0607. The quantitative estimate of drug-likeness (QED) is 0.569. The fourth-order valence-electron chi connectivity index (χ4n) is 1.25. The van der Waals surface area contributed by atoms with E-state index in [1.165, 1.54) is 4.90 Å². The first-order chi connectivity index (χ1) is 6.15. The predicted molar refractivity (Wildman–Crippen MR) is 44.4 cm³/mol. The molecule has 2 amide bonds. The number of hydrogen-bond acceptors (Lipinski definition) is 3. The van der Waals surface area contributed by atoms with E-state index in [2.05, 4.69) is 5.32 Å². The third kappa shape index (κ3) is 2.18. The fourth-order valence-corrected chi connectivity index (χ4v) is 1.25. The van der Waals surface area contributed by atoms with Crippen LogP contribution >= 0.6 is 0 Å². The maximum Gasteiger partial charge on any atom is 0.245 e. The van der Waals surface area contributed by atoms with E-state index in [-0.39, 0.29) is 18.4 Å². The molecule has 1 saturated heterocycles. The highest BCUT2D eigenvalue weighted by Crippen LogP contribution is 2.08. The third-order valence-electron chi connectivity index (χ3n) is 1.98. The van der Waals surface area contributed by atoms with E-state index in [0.717, 1.165) is 0 Å². The van der Waals surface area contributed by atoms with Crippen LogP contribution in [-0.2, 0) is 9.59 Å². The second kappa shape index (κ2) is 3.90. The van der Waals surface area contributed by atoms with Crippen molar-refractivity contribution in [2.45, 2.75) is 18.9 Å². The molecule has 1 aliphatic rings. The highest BCUT2D eigenvalue weighted by molar-refractivity contribution is 5.90. The van der Waals surface area contributed by atoms with Gasteiger partial charge in [0, 0.05) is 13.5 Å². The van der Waals surface area contributed by atoms with Crippen molar-refractivity contribution in [3.05, 3.63) is 0 Å². The number of likely N-dealkylation sites (N-methyl/N-ethyl adjacent to an activating group) is 1. The summed E-state index contributed by atoms with van der Waals surface area (Å²) in [5.74, 6) is -0.281. The van der Waals surface area contributed by atoms with Crippen LogP contribution in [0.1, 0.15) is 12.8 Å². The Bertz CT molecular complexity index is 269. The normalized spacial score (nSPS) is 20.6. The van der Waals surface area contributed by atoms with Crippen LogP contribution in [0.15, 0.2) is 0 Å². The fraction of sp³-hybridized carbons (Fsp3) is 0.625. The molecule has 13 heavy (non-hydrogen) atoms. The zero-order chi connectivity index (χ0) is 9.84. The van der Waals surface area contributed by atoms with Crippen molar-refractivity contribution < 1.29 is 9.59 Å². The van der Waals surface area contributed by atoms with Gasteiger partial charge in [0.15, 0.2) is 0 Å². The SMILES string of the molecule is CN(CC#N)C(=O)C1CCC(=O)N1. The molecule has 70 valence electrons. The number of rotatable bonds is 2. The van der Waals surface area contributed by atoms with Crippen LogP contribution in [0.5, 0.6) is 0 Å². The molecular formula is C8H11N3O2. The van der Waals surface area contributed by atoms with E-state index >= 15 is 0 Å². The first-order valence-corrected chi connectivity index (χ1v) is 4.06. The number of nitriles is 1. The number of carbonyl (C=O) groups is 2. The van der Waals surface area contributed by atoms with Gasteiger partial charge in [0.25, 0.3) is 0 Å². The van der Waals surface area contributed by atoms with Crippen molar-refractivity contribution in [2.24, 2.45) is 0 Å². The Hall–Kier alpha value is -1.57. The largest absolute Gasteiger partial charge is 0.344 e. The average Bonchev–Trinajstić information content (AvgIpc) is 2.51. The molecule has 0 saturated carbocycles. The molecule has 0 bridgehead atoms. The third-order valence-corrected chi connectivity index (χ3v) is 1.98. The second-order valence-electron chi connectivity index (χ2n) is 3.01. The van der Waals surface area contributed by atoms with Crippen molar-refractivity contribution in [2.75, 3.05) is 13.6 Å². The Kier molecular flexibility index (Phi) is 2.85. The number of hydrogen-bond donors (Lipinski definition) is 1. The summed E-state index contributed by atoms with van der Waals surface area (Å²) in [7, 11) is 1.55. The number of nitrogens with zero attached hydrogens (tertiary/aromatic N) is 2. The standard InChI is InChI=1S/C8H11N3O2/c1-11(5-4-9)8(13)6-2-3-7(12)10-6/h6H,2-3,5H2,1H3,(H,10,12). The highest BCUT2D eigenvalue weighted by Gasteiger charge is 2.28. The van der Waals surface area contributed by atoms with Gasteiger partial charge < -0.3 is 10.2 Å². The van der Waals surface area contributed by atoms with Crippen molar-refractivity contribution in [3.63, 3.8) is 0 Å².